The van der Waals surface area contributed by atoms with Crippen molar-refractivity contribution in [3.63, 3.8) is 0 Å². The molecule has 0 heterocycles. The first-order chi connectivity index (χ1) is 5.66. The molecule has 3 nitrogen and oxygen atoms in total. The molecule has 0 aliphatic rings. The second-order valence-corrected chi connectivity index (χ2v) is 3.30. The summed E-state index contributed by atoms with van der Waals surface area (Å²) in [6.45, 7) is 4.98. The minimum atomic E-state index is -0.330. The smallest absolute Gasteiger partial charge is 0.0664 e. The molecule has 0 amide bonds. The first-order valence-corrected chi connectivity index (χ1v) is 4.73. The molecule has 2 atom stereocenters. The van der Waals surface area contributed by atoms with E-state index < -0.39 is 0 Å². The molecular weight excluding hydrogens is 154 g/mol. The van der Waals surface area contributed by atoms with Crippen LogP contribution in [0.4, 0.5) is 0 Å². The summed E-state index contributed by atoms with van der Waals surface area (Å²) in [4.78, 5) is 0. The molecule has 0 aromatic heterocycles. The van der Waals surface area contributed by atoms with Crippen molar-refractivity contribution in [3.8, 4) is 0 Å². The van der Waals surface area contributed by atoms with Gasteiger partial charge in [0.25, 0.3) is 0 Å². The van der Waals surface area contributed by atoms with Crippen LogP contribution >= 0.6 is 0 Å². The van der Waals surface area contributed by atoms with Crippen LogP contribution in [0, 0.1) is 0 Å². The second-order valence-electron chi connectivity index (χ2n) is 3.30. The quantitative estimate of drug-likeness (QED) is 0.528. The number of aliphatic hydroxyl groups is 2. The Labute approximate surface area is 74.8 Å². The zero-order chi connectivity index (χ0) is 9.40. The number of rotatable bonds is 7. The Kier molecular flexibility index (Phi) is 7.45. The fourth-order valence-electron chi connectivity index (χ4n) is 1.00. The van der Waals surface area contributed by atoms with Gasteiger partial charge in [-0.25, -0.2) is 0 Å². The summed E-state index contributed by atoms with van der Waals surface area (Å²) in [5, 5.41) is 21.2. The minimum Gasteiger partial charge on any atom is -0.392 e. The van der Waals surface area contributed by atoms with Crippen LogP contribution < -0.4 is 5.32 Å². The number of nitrogens with one attached hydrogen (secondary N) is 1. The molecule has 0 saturated carbocycles. The zero-order valence-corrected chi connectivity index (χ0v) is 8.08. The predicted molar refractivity (Wildman–Crippen MR) is 50.1 cm³/mol. The van der Waals surface area contributed by atoms with Crippen LogP contribution in [0.25, 0.3) is 0 Å². The number of hydrogen-bond donors (Lipinski definition) is 3. The van der Waals surface area contributed by atoms with Crippen molar-refractivity contribution >= 4 is 0 Å². The van der Waals surface area contributed by atoms with E-state index in [0.29, 0.717) is 13.1 Å². The van der Waals surface area contributed by atoms with Gasteiger partial charge in [-0.3, -0.25) is 0 Å². The van der Waals surface area contributed by atoms with Crippen LogP contribution in [-0.4, -0.2) is 35.5 Å². The van der Waals surface area contributed by atoms with Crippen molar-refractivity contribution in [2.75, 3.05) is 13.1 Å². The molecule has 3 heteroatoms. The Hall–Kier alpha value is -0.120. The van der Waals surface area contributed by atoms with E-state index >= 15 is 0 Å². The first-order valence-electron chi connectivity index (χ1n) is 4.73. The molecule has 0 bridgehead atoms. The highest BCUT2D eigenvalue weighted by molar-refractivity contribution is 4.60. The van der Waals surface area contributed by atoms with E-state index in [9.17, 15) is 5.11 Å². The van der Waals surface area contributed by atoms with Gasteiger partial charge in [0.15, 0.2) is 0 Å². The molecule has 0 saturated heterocycles. The van der Waals surface area contributed by atoms with E-state index in [-0.39, 0.29) is 12.2 Å². The highest BCUT2D eigenvalue weighted by atomic mass is 16.3. The number of hydrogen-bond acceptors (Lipinski definition) is 3. The van der Waals surface area contributed by atoms with Crippen molar-refractivity contribution < 1.29 is 10.2 Å². The van der Waals surface area contributed by atoms with Crippen LogP contribution in [-0.2, 0) is 0 Å². The Morgan fingerprint density at radius 1 is 1.25 bits per heavy atom. The SMILES string of the molecule is CCCCC(O)CNC[C@@H](C)O. The lowest BCUT2D eigenvalue weighted by molar-refractivity contribution is 0.144. The fraction of sp³-hybridized carbons (Fsp3) is 1.00. The van der Waals surface area contributed by atoms with E-state index in [1.54, 1.807) is 6.92 Å². The Balaban J connectivity index is 3.13. The van der Waals surface area contributed by atoms with Crippen molar-refractivity contribution in [3.05, 3.63) is 0 Å². The summed E-state index contributed by atoms with van der Waals surface area (Å²) < 4.78 is 0. The molecular formula is C9H21NO2. The van der Waals surface area contributed by atoms with Gasteiger partial charge in [-0.15, -0.1) is 0 Å². The molecule has 1 unspecified atom stereocenters. The van der Waals surface area contributed by atoms with Gasteiger partial charge in [0.1, 0.15) is 0 Å². The lowest BCUT2D eigenvalue weighted by atomic mass is 10.1. The molecule has 0 aliphatic carbocycles. The zero-order valence-electron chi connectivity index (χ0n) is 8.08. The van der Waals surface area contributed by atoms with Crippen molar-refractivity contribution in [2.45, 2.75) is 45.3 Å². The van der Waals surface area contributed by atoms with Gasteiger partial charge >= 0.3 is 0 Å². The van der Waals surface area contributed by atoms with E-state index in [4.69, 9.17) is 5.11 Å². The summed E-state index contributed by atoms with van der Waals surface area (Å²) >= 11 is 0. The van der Waals surface area contributed by atoms with E-state index in [1.165, 1.54) is 0 Å². The summed E-state index contributed by atoms with van der Waals surface area (Å²) in [6, 6.07) is 0. The van der Waals surface area contributed by atoms with Gasteiger partial charge in [-0.2, -0.15) is 0 Å². The van der Waals surface area contributed by atoms with Gasteiger partial charge in [-0.1, -0.05) is 19.8 Å². The third-order valence-corrected chi connectivity index (χ3v) is 1.71. The molecule has 0 spiro atoms. The lowest BCUT2D eigenvalue weighted by Gasteiger charge is -2.11. The Morgan fingerprint density at radius 3 is 2.42 bits per heavy atom. The molecule has 0 aromatic carbocycles. The maximum Gasteiger partial charge on any atom is 0.0664 e. The maximum atomic E-state index is 9.35. The average molecular weight is 175 g/mol. The minimum absolute atomic E-state index is 0.260. The fourth-order valence-corrected chi connectivity index (χ4v) is 1.00. The van der Waals surface area contributed by atoms with Gasteiger partial charge in [0, 0.05) is 13.1 Å². The van der Waals surface area contributed by atoms with E-state index in [1.807, 2.05) is 0 Å². The normalized spacial score (nSPS) is 16.0. The highest BCUT2D eigenvalue weighted by Crippen LogP contribution is 1.98. The largest absolute Gasteiger partial charge is 0.392 e. The Bertz CT molecular complexity index is 96.5. The van der Waals surface area contributed by atoms with Crippen molar-refractivity contribution in [2.24, 2.45) is 0 Å². The third kappa shape index (κ3) is 7.98. The second kappa shape index (κ2) is 7.53. The van der Waals surface area contributed by atoms with Crippen molar-refractivity contribution in [1.29, 1.82) is 0 Å². The first kappa shape index (κ1) is 11.9. The van der Waals surface area contributed by atoms with E-state index in [0.717, 1.165) is 19.3 Å². The monoisotopic (exact) mass is 175 g/mol. The van der Waals surface area contributed by atoms with Crippen LogP contribution in [0.2, 0.25) is 0 Å². The lowest BCUT2D eigenvalue weighted by Crippen LogP contribution is -2.31. The molecule has 0 aliphatic heterocycles. The molecule has 74 valence electrons. The topological polar surface area (TPSA) is 52.5 Å². The maximum absolute atomic E-state index is 9.35. The summed E-state index contributed by atoms with van der Waals surface area (Å²) in [5.74, 6) is 0. The van der Waals surface area contributed by atoms with Gasteiger partial charge in [-0.05, 0) is 13.3 Å². The predicted octanol–water partition coefficient (Wildman–Crippen LogP) is 0.508. The number of aliphatic hydroxyl groups excluding tert-OH is 2. The molecule has 3 N–H and O–H groups in total. The molecule has 0 rings (SSSR count). The molecule has 0 aromatic rings. The third-order valence-electron chi connectivity index (χ3n) is 1.71. The molecule has 0 radical (unpaired) electrons. The van der Waals surface area contributed by atoms with Gasteiger partial charge in [0.05, 0.1) is 12.2 Å². The van der Waals surface area contributed by atoms with Crippen LogP contribution in [0.5, 0.6) is 0 Å². The van der Waals surface area contributed by atoms with Gasteiger partial charge in [0.2, 0.25) is 0 Å². The average Bonchev–Trinajstić information content (AvgIpc) is 2.00. The number of unbranched alkanes of at least 4 members (excludes halogenated alkanes) is 1. The standard InChI is InChI=1S/C9H21NO2/c1-3-4-5-9(12)7-10-6-8(2)11/h8-12H,3-7H2,1-2H3/t8-,9?/m1/s1. The van der Waals surface area contributed by atoms with Crippen LogP contribution in [0.3, 0.4) is 0 Å². The summed E-state index contributed by atoms with van der Waals surface area (Å²) in [7, 11) is 0. The summed E-state index contributed by atoms with van der Waals surface area (Å²) in [5.41, 5.74) is 0. The van der Waals surface area contributed by atoms with Crippen LogP contribution in [0.15, 0.2) is 0 Å². The van der Waals surface area contributed by atoms with Crippen LogP contribution in [0.1, 0.15) is 33.1 Å². The van der Waals surface area contributed by atoms with E-state index in [2.05, 4.69) is 12.2 Å². The highest BCUT2D eigenvalue weighted by Gasteiger charge is 2.02. The molecule has 0 fully saturated rings. The molecule has 12 heavy (non-hydrogen) atoms. The summed E-state index contributed by atoms with van der Waals surface area (Å²) in [6.07, 6.45) is 2.45. The Morgan fingerprint density at radius 2 is 1.92 bits per heavy atom. The van der Waals surface area contributed by atoms with Gasteiger partial charge < -0.3 is 15.5 Å². The van der Waals surface area contributed by atoms with Crippen molar-refractivity contribution in [1.82, 2.24) is 5.32 Å².